The van der Waals surface area contributed by atoms with Gasteiger partial charge in [-0.25, -0.2) is 8.42 Å². The number of hydrogen-bond donors (Lipinski definition) is 4. The van der Waals surface area contributed by atoms with Crippen molar-refractivity contribution < 1.29 is 32.9 Å². The highest BCUT2D eigenvalue weighted by Gasteiger charge is 2.38. The van der Waals surface area contributed by atoms with Crippen molar-refractivity contribution in [2.45, 2.75) is 62.9 Å². The van der Waals surface area contributed by atoms with E-state index in [1.165, 1.54) is 12.1 Å². The summed E-state index contributed by atoms with van der Waals surface area (Å²) in [4.78, 5) is 13.9. The third-order valence-electron chi connectivity index (χ3n) is 9.83. The summed E-state index contributed by atoms with van der Waals surface area (Å²) < 4.78 is 42.6. The molecule has 0 bridgehead atoms. The van der Waals surface area contributed by atoms with Gasteiger partial charge in [-0.3, -0.25) is 4.79 Å². The van der Waals surface area contributed by atoms with Gasteiger partial charge in [-0.15, -0.1) is 0 Å². The molecule has 5 aromatic rings. The van der Waals surface area contributed by atoms with E-state index in [-0.39, 0.29) is 49.2 Å². The largest absolute Gasteiger partial charge is 0.396 e. The average Bonchev–Trinajstić information content (AvgIpc) is 3.21. The number of amides is 1. The first-order valence-electron chi connectivity index (χ1n) is 18.4. The number of aryl methyl sites for hydroxylation is 1. The lowest BCUT2D eigenvalue weighted by atomic mass is 9.91. The number of rotatable bonds is 16. The van der Waals surface area contributed by atoms with Crippen LogP contribution in [0.5, 0.6) is 0 Å². The number of hydrogen-bond acceptors (Lipinski definition) is 8. The molecule has 11 heteroatoms. The van der Waals surface area contributed by atoms with Crippen molar-refractivity contribution in [3.05, 3.63) is 161 Å². The minimum absolute atomic E-state index is 0.0276. The van der Waals surface area contributed by atoms with Crippen molar-refractivity contribution in [2.24, 2.45) is 5.92 Å². The van der Waals surface area contributed by atoms with E-state index in [1.54, 1.807) is 23.9 Å². The van der Waals surface area contributed by atoms with E-state index < -0.39 is 28.3 Å². The van der Waals surface area contributed by atoms with Gasteiger partial charge >= 0.3 is 0 Å². The number of sulfonamides is 1. The summed E-state index contributed by atoms with van der Waals surface area (Å²) in [7, 11) is -3.98. The molecule has 1 saturated heterocycles. The molecule has 0 aromatic heterocycles. The third-order valence-corrected chi connectivity index (χ3v) is 12.4. The van der Waals surface area contributed by atoms with Crippen LogP contribution in [-0.4, -0.2) is 54.8 Å². The molecule has 5 aromatic carbocycles. The number of thioether (sulfide) groups is 1. The maximum Gasteiger partial charge on any atom is 0.241 e. The van der Waals surface area contributed by atoms with Gasteiger partial charge in [0.05, 0.1) is 30.3 Å². The van der Waals surface area contributed by atoms with Crippen LogP contribution in [0.2, 0.25) is 0 Å². The molecular weight excluding hydrogens is 733 g/mol. The minimum Gasteiger partial charge on any atom is -0.396 e. The van der Waals surface area contributed by atoms with Crippen LogP contribution >= 0.6 is 11.8 Å². The van der Waals surface area contributed by atoms with Crippen molar-refractivity contribution in [2.75, 3.05) is 18.1 Å². The van der Waals surface area contributed by atoms with Crippen LogP contribution in [0, 0.1) is 12.8 Å². The van der Waals surface area contributed by atoms with Gasteiger partial charge in [0.2, 0.25) is 15.9 Å². The highest BCUT2D eigenvalue weighted by molar-refractivity contribution is 7.99. The fraction of sp³-hybridized carbons (Fsp3) is 0.295. The molecule has 5 unspecified atom stereocenters. The highest BCUT2D eigenvalue weighted by atomic mass is 32.2. The Balaban J connectivity index is 1.18. The van der Waals surface area contributed by atoms with E-state index in [0.717, 1.165) is 44.5 Å². The van der Waals surface area contributed by atoms with Gasteiger partial charge in [-0.05, 0) is 58.9 Å². The Labute approximate surface area is 328 Å². The van der Waals surface area contributed by atoms with Crippen LogP contribution in [-0.2, 0) is 43.9 Å². The molecule has 6 rings (SSSR count). The number of aliphatic hydroxyl groups is 2. The summed E-state index contributed by atoms with van der Waals surface area (Å²) in [6.07, 6.45) is -0.788. The van der Waals surface area contributed by atoms with E-state index >= 15 is 0 Å². The Bertz CT molecular complexity index is 2100. The summed E-state index contributed by atoms with van der Waals surface area (Å²) in [6, 6.07) is 38.4. The second-order valence-electron chi connectivity index (χ2n) is 13.8. The van der Waals surface area contributed by atoms with Crippen molar-refractivity contribution >= 4 is 27.7 Å². The molecule has 0 radical (unpaired) electrons. The van der Waals surface area contributed by atoms with Crippen LogP contribution in [0.3, 0.4) is 0 Å². The minimum atomic E-state index is -3.98. The smallest absolute Gasteiger partial charge is 0.241 e. The zero-order valence-electron chi connectivity index (χ0n) is 31.0. The maximum absolute atomic E-state index is 13.8. The second kappa shape index (κ2) is 19.0. The zero-order chi connectivity index (χ0) is 38.8. The number of carbonyl (C=O) groups excluding carboxylic acids is 1. The first kappa shape index (κ1) is 40.3. The van der Waals surface area contributed by atoms with Crippen molar-refractivity contribution in [3.8, 4) is 11.1 Å². The lowest BCUT2D eigenvalue weighted by Crippen LogP contribution is -2.47. The maximum atomic E-state index is 13.8. The lowest BCUT2D eigenvalue weighted by Gasteiger charge is -2.41. The second-order valence-corrected chi connectivity index (χ2v) is 16.7. The predicted octanol–water partition coefficient (Wildman–Crippen LogP) is 6.88. The van der Waals surface area contributed by atoms with Crippen LogP contribution in [0.4, 0.5) is 0 Å². The van der Waals surface area contributed by atoms with Gasteiger partial charge in [0.15, 0.2) is 6.29 Å². The van der Waals surface area contributed by atoms with Crippen LogP contribution in [0.25, 0.3) is 11.1 Å². The van der Waals surface area contributed by atoms with Crippen molar-refractivity contribution in [1.82, 2.24) is 10.0 Å². The molecular formula is C44H48N2O7S2. The zero-order valence-corrected chi connectivity index (χ0v) is 32.6. The standard InChI is InChI=1S/C44H48N2O7S2/c1-30-12-22-38(23-13-30)55(50,51)46-40(26-32-8-4-3-5-9-32)43(49)45-27-37-10-6-7-11-39(37)34-18-20-36(21-19-34)44-52-41(29-54-25-24-47)31(2)42(53-44)35-16-14-33(28-48)15-17-35/h3-23,31,40-42,44,46-48H,24-29H2,1-2H3,(H,45,49). The number of nitrogens with one attached hydrogen (secondary N) is 2. The van der Waals surface area contributed by atoms with E-state index in [0.29, 0.717) is 11.5 Å². The Kier molecular flexibility index (Phi) is 13.9. The Morgan fingerprint density at radius 2 is 1.47 bits per heavy atom. The molecule has 1 aliphatic rings. The summed E-state index contributed by atoms with van der Waals surface area (Å²) in [5, 5.41) is 21.9. The van der Waals surface area contributed by atoms with E-state index in [4.69, 9.17) is 9.47 Å². The summed E-state index contributed by atoms with van der Waals surface area (Å²) in [5.74, 6) is 0.954. The van der Waals surface area contributed by atoms with Gasteiger partial charge in [-0.2, -0.15) is 16.5 Å². The van der Waals surface area contributed by atoms with Gasteiger partial charge < -0.3 is 25.0 Å². The Morgan fingerprint density at radius 1 is 0.800 bits per heavy atom. The van der Waals surface area contributed by atoms with Gasteiger partial charge in [0.1, 0.15) is 6.04 Å². The van der Waals surface area contributed by atoms with Crippen LogP contribution < -0.4 is 10.0 Å². The summed E-state index contributed by atoms with van der Waals surface area (Å²) >= 11 is 1.65. The lowest BCUT2D eigenvalue weighted by molar-refractivity contribution is -0.268. The SMILES string of the molecule is Cc1ccc(S(=O)(=O)NC(Cc2ccccc2)C(=O)NCc2ccccc2-c2ccc(C3OC(CSCCO)C(C)C(c4ccc(CO)cc4)O3)cc2)cc1. The number of benzene rings is 5. The van der Waals surface area contributed by atoms with Crippen molar-refractivity contribution in [1.29, 1.82) is 0 Å². The first-order valence-corrected chi connectivity index (χ1v) is 21.1. The third kappa shape index (κ3) is 10.5. The summed E-state index contributed by atoms with van der Waals surface area (Å²) in [6.45, 7) is 4.26. The van der Waals surface area contributed by atoms with E-state index in [9.17, 15) is 23.4 Å². The molecule has 0 aliphatic carbocycles. The molecule has 4 N–H and O–H groups in total. The monoisotopic (exact) mass is 780 g/mol. The van der Waals surface area contributed by atoms with E-state index in [1.807, 2.05) is 110 Å². The topological polar surface area (TPSA) is 134 Å². The summed E-state index contributed by atoms with van der Waals surface area (Å²) in [5.41, 5.74) is 7.20. The molecule has 1 aliphatic heterocycles. The highest BCUT2D eigenvalue weighted by Crippen LogP contribution is 2.42. The molecule has 55 heavy (non-hydrogen) atoms. The molecule has 0 saturated carbocycles. The number of aliphatic hydroxyl groups excluding tert-OH is 2. The molecule has 1 fully saturated rings. The van der Waals surface area contributed by atoms with Gasteiger partial charge in [0, 0.05) is 29.5 Å². The molecule has 1 amide bonds. The molecule has 9 nitrogen and oxygen atoms in total. The molecule has 0 spiro atoms. The number of carbonyl (C=O) groups is 1. The molecule has 5 atom stereocenters. The fourth-order valence-corrected chi connectivity index (χ4v) is 8.77. The van der Waals surface area contributed by atoms with Crippen LogP contribution in [0.1, 0.15) is 52.7 Å². The van der Waals surface area contributed by atoms with Crippen molar-refractivity contribution in [3.63, 3.8) is 0 Å². The normalized spacial score (nSPS) is 19.1. The molecule has 1 heterocycles. The first-order chi connectivity index (χ1) is 26.6. The Hall–Kier alpha value is -4.33. The fourth-order valence-electron chi connectivity index (χ4n) is 6.67. The average molecular weight is 781 g/mol. The Morgan fingerprint density at radius 3 is 2.16 bits per heavy atom. The molecule has 288 valence electrons. The van der Waals surface area contributed by atoms with E-state index in [2.05, 4.69) is 17.0 Å². The quantitative estimate of drug-likeness (QED) is 0.0798. The van der Waals surface area contributed by atoms with Gasteiger partial charge in [0.25, 0.3) is 0 Å². The van der Waals surface area contributed by atoms with Crippen LogP contribution in [0.15, 0.2) is 132 Å². The number of ether oxygens (including phenoxy) is 2. The van der Waals surface area contributed by atoms with Gasteiger partial charge in [-0.1, -0.05) is 128 Å². The predicted molar refractivity (Wildman–Crippen MR) is 217 cm³/mol.